The van der Waals surface area contributed by atoms with Crippen LogP contribution in [-0.4, -0.2) is 22.2 Å². The van der Waals surface area contributed by atoms with Crippen molar-refractivity contribution in [2.75, 3.05) is 0 Å². The normalized spacial score (nSPS) is 10.8. The lowest BCUT2D eigenvalue weighted by Gasteiger charge is -2.14. The standard InChI is InChI=1S/C18H20O4/c1-3-5-11-7-8-13-12(9-11)10-15(17(19)20)14(6-4-2)16(13)18(21)22/h7-10H,3-6H2,1-2H3,(H,19,20)(H,21,22). The highest BCUT2D eigenvalue weighted by Crippen LogP contribution is 2.29. The number of carboxylic acid groups (broad SMARTS) is 2. The molecule has 0 saturated carbocycles. The molecule has 0 heterocycles. The van der Waals surface area contributed by atoms with Crippen molar-refractivity contribution in [3.8, 4) is 0 Å². The Bertz CT molecular complexity index is 731. The van der Waals surface area contributed by atoms with Gasteiger partial charge in [-0.25, -0.2) is 9.59 Å². The van der Waals surface area contributed by atoms with E-state index < -0.39 is 11.9 Å². The molecule has 0 saturated heterocycles. The molecule has 0 spiro atoms. The van der Waals surface area contributed by atoms with Gasteiger partial charge in [0.15, 0.2) is 0 Å². The Labute approximate surface area is 129 Å². The van der Waals surface area contributed by atoms with Gasteiger partial charge in [0.25, 0.3) is 0 Å². The number of rotatable bonds is 6. The molecule has 2 rings (SSSR count). The van der Waals surface area contributed by atoms with Crippen LogP contribution < -0.4 is 0 Å². The minimum absolute atomic E-state index is 0.0976. The number of fused-ring (bicyclic) bond motifs is 1. The maximum atomic E-state index is 11.7. The summed E-state index contributed by atoms with van der Waals surface area (Å²) in [5.41, 5.74) is 1.73. The van der Waals surface area contributed by atoms with Crippen LogP contribution in [-0.2, 0) is 12.8 Å². The van der Waals surface area contributed by atoms with E-state index in [2.05, 4.69) is 6.92 Å². The lowest BCUT2D eigenvalue weighted by Crippen LogP contribution is -2.11. The van der Waals surface area contributed by atoms with Crippen molar-refractivity contribution in [1.82, 2.24) is 0 Å². The monoisotopic (exact) mass is 300 g/mol. The van der Waals surface area contributed by atoms with Crippen LogP contribution in [0, 0.1) is 0 Å². The van der Waals surface area contributed by atoms with E-state index in [1.54, 1.807) is 12.1 Å². The second-order valence-corrected chi connectivity index (χ2v) is 5.44. The molecule has 4 nitrogen and oxygen atoms in total. The molecular weight excluding hydrogens is 280 g/mol. The number of hydrogen-bond donors (Lipinski definition) is 2. The summed E-state index contributed by atoms with van der Waals surface area (Å²) in [5, 5.41) is 20.3. The van der Waals surface area contributed by atoms with Gasteiger partial charge in [-0.15, -0.1) is 0 Å². The fourth-order valence-corrected chi connectivity index (χ4v) is 2.89. The smallest absolute Gasteiger partial charge is 0.336 e. The van der Waals surface area contributed by atoms with Gasteiger partial charge in [-0.2, -0.15) is 0 Å². The van der Waals surface area contributed by atoms with Crippen molar-refractivity contribution < 1.29 is 19.8 Å². The van der Waals surface area contributed by atoms with Crippen molar-refractivity contribution in [3.05, 3.63) is 46.5 Å². The zero-order valence-corrected chi connectivity index (χ0v) is 12.8. The molecule has 0 aromatic heterocycles. The topological polar surface area (TPSA) is 74.6 Å². The number of aryl methyl sites for hydroxylation is 1. The first-order valence-electron chi connectivity index (χ1n) is 7.54. The van der Waals surface area contributed by atoms with Gasteiger partial charge in [-0.05, 0) is 40.8 Å². The number of carboxylic acids is 2. The zero-order valence-electron chi connectivity index (χ0n) is 12.8. The summed E-state index contributed by atoms with van der Waals surface area (Å²) in [5.74, 6) is -2.14. The lowest BCUT2D eigenvalue weighted by atomic mass is 9.90. The van der Waals surface area contributed by atoms with E-state index in [4.69, 9.17) is 0 Å². The molecule has 22 heavy (non-hydrogen) atoms. The van der Waals surface area contributed by atoms with Crippen molar-refractivity contribution in [2.24, 2.45) is 0 Å². The summed E-state index contributed by atoms with van der Waals surface area (Å²) in [6.45, 7) is 3.98. The van der Waals surface area contributed by atoms with E-state index in [0.717, 1.165) is 18.4 Å². The van der Waals surface area contributed by atoms with E-state index in [1.807, 2.05) is 19.1 Å². The van der Waals surface area contributed by atoms with E-state index >= 15 is 0 Å². The fourth-order valence-electron chi connectivity index (χ4n) is 2.89. The van der Waals surface area contributed by atoms with Crippen LogP contribution in [0.4, 0.5) is 0 Å². The van der Waals surface area contributed by atoms with Gasteiger partial charge in [0.05, 0.1) is 11.1 Å². The van der Waals surface area contributed by atoms with Gasteiger partial charge < -0.3 is 10.2 Å². The number of hydrogen-bond acceptors (Lipinski definition) is 2. The molecule has 0 atom stereocenters. The third kappa shape index (κ3) is 2.96. The molecule has 2 aromatic carbocycles. The van der Waals surface area contributed by atoms with Crippen LogP contribution in [0.5, 0.6) is 0 Å². The van der Waals surface area contributed by atoms with Gasteiger partial charge in [-0.3, -0.25) is 0 Å². The Morgan fingerprint density at radius 3 is 2.18 bits per heavy atom. The van der Waals surface area contributed by atoms with Crippen LogP contribution >= 0.6 is 0 Å². The van der Waals surface area contributed by atoms with E-state index in [1.165, 1.54) is 0 Å². The Balaban J connectivity index is 2.82. The van der Waals surface area contributed by atoms with Crippen LogP contribution in [0.2, 0.25) is 0 Å². The van der Waals surface area contributed by atoms with Gasteiger partial charge >= 0.3 is 11.9 Å². The van der Waals surface area contributed by atoms with Crippen molar-refractivity contribution in [2.45, 2.75) is 39.5 Å². The molecule has 0 amide bonds. The minimum Gasteiger partial charge on any atom is -0.478 e. The Hall–Kier alpha value is -2.36. The first-order chi connectivity index (χ1) is 10.5. The number of benzene rings is 2. The van der Waals surface area contributed by atoms with Crippen LogP contribution in [0.1, 0.15) is 58.5 Å². The minimum atomic E-state index is -1.08. The third-order valence-electron chi connectivity index (χ3n) is 3.79. The average Bonchev–Trinajstić information content (AvgIpc) is 2.46. The molecule has 0 aliphatic rings. The number of aromatic carboxylic acids is 2. The van der Waals surface area contributed by atoms with Gasteiger partial charge in [0.2, 0.25) is 0 Å². The summed E-state index contributed by atoms with van der Waals surface area (Å²) in [7, 11) is 0. The summed E-state index contributed by atoms with van der Waals surface area (Å²) >= 11 is 0. The first-order valence-corrected chi connectivity index (χ1v) is 7.54. The molecule has 0 bridgehead atoms. The van der Waals surface area contributed by atoms with Crippen LogP contribution in [0.3, 0.4) is 0 Å². The van der Waals surface area contributed by atoms with Crippen molar-refractivity contribution in [1.29, 1.82) is 0 Å². The van der Waals surface area contributed by atoms with E-state index in [9.17, 15) is 19.8 Å². The van der Waals surface area contributed by atoms with Crippen LogP contribution in [0.15, 0.2) is 24.3 Å². The Morgan fingerprint density at radius 1 is 0.955 bits per heavy atom. The summed E-state index contributed by atoms with van der Waals surface area (Å²) in [6.07, 6.45) is 3.00. The lowest BCUT2D eigenvalue weighted by molar-refractivity contribution is 0.0696. The predicted octanol–water partition coefficient (Wildman–Crippen LogP) is 4.14. The van der Waals surface area contributed by atoms with Crippen molar-refractivity contribution in [3.63, 3.8) is 0 Å². The summed E-state index contributed by atoms with van der Waals surface area (Å²) < 4.78 is 0. The van der Waals surface area contributed by atoms with Gasteiger partial charge in [0, 0.05) is 0 Å². The molecule has 0 aliphatic heterocycles. The molecule has 4 heteroatoms. The van der Waals surface area contributed by atoms with Crippen LogP contribution in [0.25, 0.3) is 10.8 Å². The van der Waals surface area contributed by atoms with E-state index in [-0.39, 0.29) is 11.1 Å². The first kappa shape index (κ1) is 16.0. The second kappa shape index (κ2) is 6.60. The highest BCUT2D eigenvalue weighted by molar-refractivity contribution is 6.09. The molecule has 0 fully saturated rings. The Morgan fingerprint density at radius 2 is 1.64 bits per heavy atom. The maximum absolute atomic E-state index is 11.7. The average molecular weight is 300 g/mol. The highest BCUT2D eigenvalue weighted by atomic mass is 16.4. The highest BCUT2D eigenvalue weighted by Gasteiger charge is 2.21. The van der Waals surface area contributed by atoms with Gasteiger partial charge in [0.1, 0.15) is 0 Å². The molecule has 2 N–H and O–H groups in total. The van der Waals surface area contributed by atoms with Crippen molar-refractivity contribution >= 4 is 22.7 Å². The number of carbonyl (C=O) groups is 2. The fraction of sp³-hybridized carbons (Fsp3) is 0.333. The molecule has 0 aliphatic carbocycles. The molecular formula is C18H20O4. The Kier molecular flexibility index (Phi) is 4.81. The zero-order chi connectivity index (χ0) is 16.3. The molecule has 0 unspecified atom stereocenters. The molecule has 0 radical (unpaired) electrons. The summed E-state index contributed by atoms with van der Waals surface area (Å²) in [6, 6.07) is 7.23. The predicted molar refractivity (Wildman–Crippen MR) is 85.9 cm³/mol. The van der Waals surface area contributed by atoms with E-state index in [0.29, 0.717) is 29.2 Å². The quantitative estimate of drug-likeness (QED) is 0.840. The van der Waals surface area contributed by atoms with Gasteiger partial charge in [-0.1, -0.05) is 44.9 Å². The summed E-state index contributed by atoms with van der Waals surface area (Å²) in [4.78, 5) is 23.2. The molecule has 2 aromatic rings. The SMILES string of the molecule is CCCc1ccc2c(C(=O)O)c(CCC)c(C(=O)O)cc2c1. The third-order valence-corrected chi connectivity index (χ3v) is 3.79. The largest absolute Gasteiger partial charge is 0.478 e. The second-order valence-electron chi connectivity index (χ2n) is 5.44. The maximum Gasteiger partial charge on any atom is 0.336 e. The molecule has 116 valence electrons.